The monoisotopic (exact) mass is 398 g/mol. The number of carbonyl (C=O) groups excluding carboxylic acids is 3. The maximum atomic E-state index is 11.3. The third-order valence-corrected chi connectivity index (χ3v) is 3.10. The topological polar surface area (TPSA) is 143 Å². The molecule has 9 nitrogen and oxygen atoms in total. The minimum Gasteiger partial charge on any atom is -0.397 e. The van der Waals surface area contributed by atoms with Crippen molar-refractivity contribution in [1.82, 2.24) is 11.0 Å². The van der Waals surface area contributed by atoms with Gasteiger partial charge in [0.05, 0.1) is 18.5 Å². The maximum absolute atomic E-state index is 11.3. The number of carbonyl (C=O) groups is 3. The minimum atomic E-state index is -0.347. The fourth-order valence-electron chi connectivity index (χ4n) is 1.24. The van der Waals surface area contributed by atoms with E-state index in [1.807, 2.05) is 26.0 Å². The van der Waals surface area contributed by atoms with Crippen LogP contribution < -0.4 is 22.0 Å². The second-order valence-electron chi connectivity index (χ2n) is 6.69. The van der Waals surface area contributed by atoms with Crippen molar-refractivity contribution in [2.45, 2.75) is 41.5 Å². The summed E-state index contributed by atoms with van der Waals surface area (Å²) in [4.78, 5) is 36.3. The van der Waals surface area contributed by atoms with Crippen LogP contribution in [-0.4, -0.2) is 30.0 Å². The lowest BCUT2D eigenvalue weighted by Gasteiger charge is -2.09. The lowest BCUT2D eigenvalue weighted by Crippen LogP contribution is -2.26. The number of hydrogen-bond donors (Lipinski definition) is 5. The predicted molar refractivity (Wildman–Crippen MR) is 109 cm³/mol. The number of hydroxylamine groups is 2. The Morgan fingerprint density at radius 2 is 1.36 bits per heavy atom. The molecule has 0 aliphatic rings. The highest BCUT2D eigenvalue weighted by molar-refractivity contribution is 5.94. The Morgan fingerprint density at radius 1 is 0.893 bits per heavy atom. The van der Waals surface area contributed by atoms with E-state index in [1.165, 1.54) is 12.6 Å². The van der Waals surface area contributed by atoms with E-state index >= 15 is 0 Å². The molecule has 0 bridgehead atoms. The molecule has 0 aliphatic carbocycles. The zero-order valence-corrected chi connectivity index (χ0v) is 17.7. The van der Waals surface area contributed by atoms with Gasteiger partial charge in [-0.3, -0.25) is 24.4 Å². The maximum Gasteiger partial charge on any atom is 0.246 e. The molecule has 28 heavy (non-hydrogen) atoms. The number of amides is 3. The molecule has 0 unspecified atom stereocenters. The number of rotatable bonds is 5. The fraction of sp³-hybridized carbons (Fsp3) is 0.526. The number of nitrogens with two attached hydrogens (primary N) is 1. The van der Waals surface area contributed by atoms with Gasteiger partial charge in [-0.25, -0.2) is 11.0 Å². The highest BCUT2D eigenvalue weighted by Crippen LogP contribution is 2.17. The summed E-state index contributed by atoms with van der Waals surface area (Å²) < 4.78 is 0. The quantitative estimate of drug-likeness (QED) is 0.293. The third kappa shape index (κ3) is 13.5. The van der Waals surface area contributed by atoms with Crippen molar-refractivity contribution in [2.75, 3.05) is 18.2 Å². The second-order valence-corrected chi connectivity index (χ2v) is 6.69. The zero-order valence-electron chi connectivity index (χ0n) is 17.7. The molecule has 0 saturated heterocycles. The van der Waals surface area contributed by atoms with Gasteiger partial charge in [-0.15, -0.1) is 0 Å². The molecule has 0 fully saturated rings. The first kappa shape index (κ1) is 27.6. The van der Waals surface area contributed by atoms with Crippen molar-refractivity contribution < 1.29 is 24.4 Å². The largest absolute Gasteiger partial charge is 0.397 e. The van der Waals surface area contributed by atoms with E-state index in [1.54, 1.807) is 39.8 Å². The lowest BCUT2D eigenvalue weighted by molar-refractivity contribution is -0.134. The van der Waals surface area contributed by atoms with E-state index in [-0.39, 0.29) is 35.5 Å². The predicted octanol–water partition coefficient (Wildman–Crippen LogP) is 2.33. The van der Waals surface area contributed by atoms with Crippen LogP contribution in [0.4, 0.5) is 11.4 Å². The normalized spacial score (nSPS) is 9.68. The summed E-state index contributed by atoms with van der Waals surface area (Å²) in [5.41, 5.74) is 10.7. The highest BCUT2D eigenvalue weighted by Gasteiger charge is 2.07. The first-order valence-electron chi connectivity index (χ1n) is 8.89. The molecule has 0 aliphatic heterocycles. The van der Waals surface area contributed by atoms with E-state index in [2.05, 4.69) is 15.6 Å². The van der Waals surface area contributed by atoms with Crippen LogP contribution in [0.2, 0.25) is 0 Å². The van der Waals surface area contributed by atoms with Gasteiger partial charge < -0.3 is 11.1 Å². The Bertz CT molecular complexity index is 604. The molecular weight excluding hydrogens is 364 g/mol. The smallest absolute Gasteiger partial charge is 0.246 e. The molecule has 1 aromatic carbocycles. The number of hydrogen-bond acceptors (Lipinski definition) is 6. The van der Waals surface area contributed by atoms with Gasteiger partial charge in [0.2, 0.25) is 17.7 Å². The summed E-state index contributed by atoms with van der Waals surface area (Å²) in [6, 6.07) is 7.22. The molecule has 9 heteroatoms. The van der Waals surface area contributed by atoms with Gasteiger partial charge >= 0.3 is 0 Å². The molecule has 1 aromatic rings. The summed E-state index contributed by atoms with van der Waals surface area (Å²) in [6.45, 7) is 10.7. The van der Waals surface area contributed by atoms with Crippen LogP contribution >= 0.6 is 0 Å². The molecule has 6 N–H and O–H groups in total. The van der Waals surface area contributed by atoms with Gasteiger partial charge in [0, 0.05) is 17.8 Å². The second kappa shape index (κ2) is 15.4. The first-order valence-corrected chi connectivity index (χ1v) is 8.89. The Balaban J connectivity index is 0. The molecule has 0 saturated carbocycles. The number of nitrogens with one attached hydrogen (secondary N) is 3. The van der Waals surface area contributed by atoms with Crippen molar-refractivity contribution in [1.29, 1.82) is 0 Å². The molecule has 160 valence electrons. The standard InChI is InChI=1S/C10H14N2O.C5H11NO2.C4H9NO2/c1-7(2)10(13)12-9-6-4-3-5-8(9)11;1-4(2)5(7)6-8-3;1-3(2)4(6)5-7/h3-7H,11H2,1-2H3,(H,12,13);4H,1-3H3,(H,6,7);3,7H,1-2H3,(H,5,6). The Hall–Kier alpha value is -2.65. The summed E-state index contributed by atoms with van der Waals surface area (Å²) >= 11 is 0. The fourth-order valence-corrected chi connectivity index (χ4v) is 1.24. The molecule has 0 aromatic heterocycles. The molecule has 0 heterocycles. The molecule has 0 spiro atoms. The Kier molecular flexibility index (Phi) is 15.2. The van der Waals surface area contributed by atoms with Crippen LogP contribution in [0.3, 0.4) is 0 Å². The summed E-state index contributed by atoms with van der Waals surface area (Å²) in [5.74, 6) is -0.620. The van der Waals surface area contributed by atoms with Crippen molar-refractivity contribution in [3.05, 3.63) is 24.3 Å². The van der Waals surface area contributed by atoms with E-state index < -0.39 is 0 Å². The molecule has 3 amide bonds. The summed E-state index contributed by atoms with van der Waals surface area (Å²) in [6.07, 6.45) is 0. The summed E-state index contributed by atoms with van der Waals surface area (Å²) in [7, 11) is 1.42. The van der Waals surface area contributed by atoms with Gasteiger partial charge in [0.25, 0.3) is 0 Å². The van der Waals surface area contributed by atoms with Gasteiger partial charge in [-0.05, 0) is 12.1 Å². The van der Waals surface area contributed by atoms with Gasteiger partial charge in [-0.2, -0.15) is 0 Å². The van der Waals surface area contributed by atoms with E-state index in [0.717, 1.165) is 0 Å². The van der Waals surface area contributed by atoms with Gasteiger partial charge in [-0.1, -0.05) is 53.7 Å². The van der Waals surface area contributed by atoms with Crippen molar-refractivity contribution in [3.8, 4) is 0 Å². The van der Waals surface area contributed by atoms with Crippen molar-refractivity contribution in [3.63, 3.8) is 0 Å². The SMILES string of the molecule is CC(C)C(=O)NO.CC(C)C(=O)Nc1ccccc1N.CONC(=O)C(C)C. The molecule has 1 rings (SSSR count). The van der Waals surface area contributed by atoms with E-state index in [9.17, 15) is 14.4 Å². The number of para-hydroxylation sites is 2. The number of benzene rings is 1. The average molecular weight is 399 g/mol. The van der Waals surface area contributed by atoms with Crippen LogP contribution in [0.1, 0.15) is 41.5 Å². The number of anilines is 2. The highest BCUT2D eigenvalue weighted by atomic mass is 16.6. The van der Waals surface area contributed by atoms with Crippen LogP contribution in [-0.2, 0) is 19.2 Å². The average Bonchev–Trinajstić information content (AvgIpc) is 2.63. The van der Waals surface area contributed by atoms with E-state index in [0.29, 0.717) is 11.4 Å². The van der Waals surface area contributed by atoms with Crippen LogP contribution in [0.15, 0.2) is 24.3 Å². The van der Waals surface area contributed by atoms with Crippen molar-refractivity contribution in [2.24, 2.45) is 17.8 Å². The molecule has 0 radical (unpaired) electrons. The minimum absolute atomic E-state index is 0.00468. The third-order valence-electron chi connectivity index (χ3n) is 3.10. The van der Waals surface area contributed by atoms with Crippen LogP contribution in [0.25, 0.3) is 0 Å². The van der Waals surface area contributed by atoms with Gasteiger partial charge in [0.1, 0.15) is 0 Å². The summed E-state index contributed by atoms with van der Waals surface area (Å²) in [5, 5.41) is 10.7. The van der Waals surface area contributed by atoms with E-state index in [4.69, 9.17) is 10.9 Å². The van der Waals surface area contributed by atoms with Crippen LogP contribution in [0, 0.1) is 17.8 Å². The Morgan fingerprint density at radius 3 is 1.64 bits per heavy atom. The first-order chi connectivity index (χ1) is 13.0. The Labute approximate surface area is 166 Å². The number of nitrogen functional groups attached to an aromatic ring is 1. The lowest BCUT2D eigenvalue weighted by atomic mass is 10.2. The zero-order chi connectivity index (χ0) is 22.3. The van der Waals surface area contributed by atoms with Gasteiger partial charge in [0.15, 0.2) is 0 Å². The molecular formula is C19H34N4O5. The van der Waals surface area contributed by atoms with Crippen molar-refractivity contribution >= 4 is 29.1 Å². The molecule has 0 atom stereocenters. The van der Waals surface area contributed by atoms with Crippen LogP contribution in [0.5, 0.6) is 0 Å².